The van der Waals surface area contributed by atoms with Crippen LogP contribution in [0.5, 0.6) is 0 Å². The molecule has 0 aliphatic rings. The number of ether oxygens (including phenoxy) is 2. The molecule has 0 aliphatic heterocycles. The molecule has 0 fully saturated rings. The highest BCUT2D eigenvalue weighted by Gasteiger charge is 2.23. The first-order valence-corrected chi connectivity index (χ1v) is 11.8. The number of esters is 2. The van der Waals surface area contributed by atoms with Crippen molar-refractivity contribution in [2.75, 3.05) is 13.2 Å². The Hall–Kier alpha value is -1.17. The average Bonchev–Trinajstić information content (AvgIpc) is 2.96. The first-order chi connectivity index (χ1) is 14.0. The van der Waals surface area contributed by atoms with Crippen LogP contribution in [0.15, 0.2) is 47.0 Å². The second-order valence-corrected chi connectivity index (χ2v) is 9.54. The molecular weight excluding hydrogens is 656 g/mol. The summed E-state index contributed by atoms with van der Waals surface area (Å²) in [6, 6.07) is 0. The smallest absolute Gasteiger partial charge is 0.333 e. The zero-order valence-electron chi connectivity index (χ0n) is 16.2. The number of halogens is 4. The van der Waals surface area contributed by atoms with E-state index in [9.17, 15) is 14.4 Å². The van der Waals surface area contributed by atoms with Crippen molar-refractivity contribution in [2.24, 2.45) is 0 Å². The number of hydrogen-bond donors (Lipinski definition) is 0. The molecule has 0 spiro atoms. The molecular formula is C19H18Br4N2O5. The van der Waals surface area contributed by atoms with Gasteiger partial charge in [0.1, 0.15) is 13.2 Å². The number of aromatic nitrogens is 2. The van der Waals surface area contributed by atoms with Gasteiger partial charge in [-0.25, -0.2) is 14.4 Å². The summed E-state index contributed by atoms with van der Waals surface area (Å²) >= 11 is 14.0. The van der Waals surface area contributed by atoms with Crippen molar-refractivity contribution in [3.05, 3.63) is 52.7 Å². The van der Waals surface area contributed by atoms with E-state index >= 15 is 0 Å². The number of hydrogen-bond acceptors (Lipinski definition) is 5. The molecule has 0 atom stereocenters. The number of benzene rings is 1. The number of imidazole rings is 1. The second-order valence-electron chi connectivity index (χ2n) is 6.37. The van der Waals surface area contributed by atoms with Gasteiger partial charge in [-0.1, -0.05) is 13.2 Å². The van der Waals surface area contributed by atoms with Crippen LogP contribution < -0.4 is 5.69 Å². The van der Waals surface area contributed by atoms with Crippen molar-refractivity contribution >= 4 is 86.7 Å². The van der Waals surface area contributed by atoms with Gasteiger partial charge in [-0.05, 0) is 77.6 Å². The molecule has 1 aromatic carbocycles. The Bertz CT molecular complexity index is 1030. The fraction of sp³-hybridized carbons (Fsp3) is 0.316. The molecule has 30 heavy (non-hydrogen) atoms. The van der Waals surface area contributed by atoms with Crippen LogP contribution in [0, 0.1) is 0 Å². The van der Waals surface area contributed by atoms with Crippen molar-refractivity contribution in [1.82, 2.24) is 9.13 Å². The van der Waals surface area contributed by atoms with Crippen molar-refractivity contribution in [3.63, 3.8) is 0 Å². The van der Waals surface area contributed by atoms with Gasteiger partial charge in [0.25, 0.3) is 0 Å². The summed E-state index contributed by atoms with van der Waals surface area (Å²) < 4.78 is 16.0. The third-order valence-electron chi connectivity index (χ3n) is 4.01. The lowest BCUT2D eigenvalue weighted by atomic mass is 10.3. The van der Waals surface area contributed by atoms with Gasteiger partial charge in [-0.2, -0.15) is 0 Å². The van der Waals surface area contributed by atoms with Crippen LogP contribution in [0.1, 0.15) is 13.8 Å². The van der Waals surface area contributed by atoms with Crippen LogP contribution in [0.25, 0.3) is 11.0 Å². The van der Waals surface area contributed by atoms with Crippen LogP contribution in [-0.4, -0.2) is 34.3 Å². The molecule has 0 radical (unpaired) electrons. The molecule has 11 heteroatoms. The van der Waals surface area contributed by atoms with Gasteiger partial charge in [0.15, 0.2) is 0 Å². The van der Waals surface area contributed by atoms with Crippen LogP contribution in [0.2, 0.25) is 0 Å². The largest absolute Gasteiger partial charge is 0.460 e. The van der Waals surface area contributed by atoms with Gasteiger partial charge in [-0.3, -0.25) is 9.13 Å². The molecule has 1 aromatic heterocycles. The standard InChI is InChI=1S/C19H18Br4N2O5/c1-9(2)17(26)29-7-5-24-15-13(22)11(20)12(21)14(23)16(15)25(19(24)28)6-8-30-18(27)10(3)4/h1,3,5-8H2,2,4H3. The van der Waals surface area contributed by atoms with Crippen LogP contribution >= 0.6 is 63.7 Å². The van der Waals surface area contributed by atoms with E-state index in [4.69, 9.17) is 9.47 Å². The van der Waals surface area contributed by atoms with Gasteiger partial charge < -0.3 is 9.47 Å². The molecule has 0 saturated carbocycles. The zero-order valence-corrected chi connectivity index (χ0v) is 22.5. The van der Waals surface area contributed by atoms with Crippen LogP contribution in [0.3, 0.4) is 0 Å². The first-order valence-electron chi connectivity index (χ1n) is 8.59. The summed E-state index contributed by atoms with van der Waals surface area (Å²) in [4.78, 5) is 36.5. The maximum atomic E-state index is 13.2. The maximum absolute atomic E-state index is 13.2. The van der Waals surface area contributed by atoms with Crippen LogP contribution in [-0.2, 0) is 32.2 Å². The average molecular weight is 674 g/mol. The van der Waals surface area contributed by atoms with E-state index in [1.165, 1.54) is 9.13 Å². The van der Waals surface area contributed by atoms with Gasteiger partial charge in [0.2, 0.25) is 0 Å². The predicted octanol–water partition coefficient (Wildman–Crippen LogP) is 5.09. The quantitative estimate of drug-likeness (QED) is 0.169. The SMILES string of the molecule is C=C(C)C(=O)OCCn1c(=O)n(CCOC(=O)C(=C)C)c2c(Br)c(Br)c(Br)c(Br)c21. The summed E-state index contributed by atoms with van der Waals surface area (Å²) in [6.07, 6.45) is 0. The lowest BCUT2D eigenvalue weighted by Crippen LogP contribution is -2.28. The fourth-order valence-corrected chi connectivity index (χ4v) is 5.06. The minimum atomic E-state index is -0.525. The second kappa shape index (κ2) is 10.4. The lowest BCUT2D eigenvalue weighted by Gasteiger charge is -2.10. The van der Waals surface area contributed by atoms with E-state index in [2.05, 4.69) is 76.9 Å². The van der Waals surface area contributed by atoms with Crippen molar-refractivity contribution < 1.29 is 19.1 Å². The molecule has 162 valence electrons. The molecule has 0 aliphatic carbocycles. The Morgan fingerprint density at radius 1 is 0.767 bits per heavy atom. The van der Waals surface area contributed by atoms with Crippen LogP contribution in [0.4, 0.5) is 0 Å². The highest BCUT2D eigenvalue weighted by Crippen LogP contribution is 2.43. The molecule has 2 aromatic rings. The van der Waals surface area contributed by atoms with E-state index in [0.717, 1.165) is 0 Å². The normalized spacial score (nSPS) is 10.9. The number of carbonyl (C=O) groups is 2. The Labute approximate surface area is 206 Å². The molecule has 2 rings (SSSR count). The number of nitrogens with zero attached hydrogens (tertiary/aromatic N) is 2. The maximum Gasteiger partial charge on any atom is 0.333 e. The molecule has 0 bridgehead atoms. The third kappa shape index (κ3) is 5.17. The third-order valence-corrected chi connectivity index (χ3v) is 8.74. The first kappa shape index (κ1) is 25.1. The summed E-state index contributed by atoms with van der Waals surface area (Å²) in [5.74, 6) is -1.05. The molecule has 0 unspecified atom stereocenters. The topological polar surface area (TPSA) is 79.5 Å². The molecule has 1 heterocycles. The van der Waals surface area contributed by atoms with Crippen molar-refractivity contribution in [1.29, 1.82) is 0 Å². The van der Waals surface area contributed by atoms with Crippen molar-refractivity contribution in [3.8, 4) is 0 Å². The number of rotatable bonds is 8. The number of fused-ring (bicyclic) bond motifs is 1. The highest BCUT2D eigenvalue weighted by atomic mass is 79.9. The van der Waals surface area contributed by atoms with Gasteiger partial charge in [0, 0.05) is 20.1 Å². The minimum Gasteiger partial charge on any atom is -0.460 e. The summed E-state index contributed by atoms with van der Waals surface area (Å²) in [5, 5.41) is 0. The molecule has 0 amide bonds. The van der Waals surface area contributed by atoms with Gasteiger partial charge in [0.05, 0.1) is 33.1 Å². The van der Waals surface area contributed by atoms with E-state index in [1.54, 1.807) is 13.8 Å². The minimum absolute atomic E-state index is 0.00685. The predicted molar refractivity (Wildman–Crippen MR) is 129 cm³/mol. The monoisotopic (exact) mass is 670 g/mol. The Balaban J connectivity index is 2.50. The Morgan fingerprint density at radius 2 is 1.10 bits per heavy atom. The van der Waals surface area contributed by atoms with E-state index < -0.39 is 11.9 Å². The van der Waals surface area contributed by atoms with E-state index in [0.29, 0.717) is 28.9 Å². The molecule has 0 saturated heterocycles. The summed E-state index contributed by atoms with van der Waals surface area (Å²) in [7, 11) is 0. The van der Waals surface area contributed by atoms with E-state index in [-0.39, 0.29) is 43.1 Å². The van der Waals surface area contributed by atoms with Crippen molar-refractivity contribution in [2.45, 2.75) is 26.9 Å². The number of carbonyl (C=O) groups excluding carboxylic acids is 2. The Kier molecular flexibility index (Phi) is 8.72. The molecule has 0 N–H and O–H groups in total. The lowest BCUT2D eigenvalue weighted by molar-refractivity contribution is -0.140. The summed E-state index contributed by atoms with van der Waals surface area (Å²) in [6.45, 7) is 10.4. The Morgan fingerprint density at radius 3 is 1.40 bits per heavy atom. The molecule has 7 nitrogen and oxygen atoms in total. The summed E-state index contributed by atoms with van der Waals surface area (Å²) in [5.41, 5.74) is 1.41. The highest BCUT2D eigenvalue weighted by molar-refractivity contribution is 9.15. The fourth-order valence-electron chi connectivity index (χ4n) is 2.56. The zero-order chi connectivity index (χ0) is 22.7. The van der Waals surface area contributed by atoms with Gasteiger partial charge >= 0.3 is 17.6 Å². The van der Waals surface area contributed by atoms with E-state index in [1.807, 2.05) is 0 Å². The van der Waals surface area contributed by atoms with Gasteiger partial charge in [-0.15, -0.1) is 0 Å².